The van der Waals surface area contributed by atoms with Crippen molar-refractivity contribution in [2.24, 2.45) is 0 Å². The van der Waals surface area contributed by atoms with E-state index in [1.54, 1.807) is 0 Å². The van der Waals surface area contributed by atoms with Crippen molar-refractivity contribution in [3.05, 3.63) is 53.3 Å². The van der Waals surface area contributed by atoms with Crippen molar-refractivity contribution < 1.29 is 8.78 Å². The molecule has 0 bridgehead atoms. The van der Waals surface area contributed by atoms with Crippen LogP contribution in [0.2, 0.25) is 5.02 Å². The number of rotatable bonds is 2. The van der Waals surface area contributed by atoms with E-state index in [1.165, 1.54) is 36.7 Å². The van der Waals surface area contributed by atoms with Crippen molar-refractivity contribution in [1.29, 1.82) is 0 Å². The van der Waals surface area contributed by atoms with Crippen molar-refractivity contribution in [3.63, 3.8) is 0 Å². The molecule has 2 aromatic carbocycles. The van der Waals surface area contributed by atoms with Crippen molar-refractivity contribution in [3.8, 4) is 0 Å². The van der Waals surface area contributed by atoms with Gasteiger partial charge in [0.2, 0.25) is 0 Å². The van der Waals surface area contributed by atoms with Gasteiger partial charge in [-0.25, -0.2) is 18.7 Å². The van der Waals surface area contributed by atoms with Gasteiger partial charge >= 0.3 is 0 Å². The first-order valence-corrected chi connectivity index (χ1v) is 6.34. The summed E-state index contributed by atoms with van der Waals surface area (Å²) in [6.07, 6.45) is 1.30. The molecule has 21 heavy (non-hydrogen) atoms. The number of anilines is 3. The summed E-state index contributed by atoms with van der Waals surface area (Å²) in [5, 5.41) is 3.52. The van der Waals surface area contributed by atoms with Crippen molar-refractivity contribution in [2.75, 3.05) is 11.1 Å². The molecule has 3 aromatic rings. The van der Waals surface area contributed by atoms with Crippen LogP contribution in [-0.2, 0) is 0 Å². The number of nitrogens with two attached hydrogens (primary N) is 1. The van der Waals surface area contributed by atoms with Crippen LogP contribution in [0.3, 0.4) is 0 Å². The third-order valence-corrected chi connectivity index (χ3v) is 3.23. The number of hydrogen-bond donors (Lipinski definition) is 2. The second-order valence-corrected chi connectivity index (χ2v) is 4.77. The van der Waals surface area contributed by atoms with E-state index in [1.807, 2.05) is 0 Å². The van der Waals surface area contributed by atoms with Gasteiger partial charge in [0, 0.05) is 17.1 Å². The molecule has 106 valence electrons. The summed E-state index contributed by atoms with van der Waals surface area (Å²) in [4.78, 5) is 8.07. The zero-order valence-electron chi connectivity index (χ0n) is 10.6. The van der Waals surface area contributed by atoms with Gasteiger partial charge in [-0.15, -0.1) is 0 Å². The molecule has 3 N–H and O–H groups in total. The summed E-state index contributed by atoms with van der Waals surface area (Å²) in [5.41, 5.74) is 6.52. The van der Waals surface area contributed by atoms with Crippen LogP contribution in [0.5, 0.6) is 0 Å². The molecular weight excluding hydrogens is 298 g/mol. The Labute approximate surface area is 123 Å². The second-order valence-electron chi connectivity index (χ2n) is 4.37. The molecule has 0 aliphatic heterocycles. The molecule has 0 aliphatic carbocycles. The fourth-order valence-electron chi connectivity index (χ4n) is 1.90. The highest BCUT2D eigenvalue weighted by atomic mass is 35.5. The zero-order valence-corrected chi connectivity index (χ0v) is 11.3. The highest BCUT2D eigenvalue weighted by Gasteiger charge is 2.09. The number of hydrogen-bond acceptors (Lipinski definition) is 4. The number of benzene rings is 2. The molecule has 1 heterocycles. The largest absolute Gasteiger partial charge is 0.396 e. The number of nitrogens with zero attached hydrogens (tertiary/aromatic N) is 2. The SMILES string of the molecule is Nc1cc2c(Nc3ccc(F)c(Cl)c3)ncnc2cc1F. The van der Waals surface area contributed by atoms with Gasteiger partial charge in [-0.2, -0.15) is 0 Å². The van der Waals surface area contributed by atoms with Crippen LogP contribution in [0.25, 0.3) is 10.9 Å². The molecule has 0 saturated heterocycles. The van der Waals surface area contributed by atoms with Crippen LogP contribution in [-0.4, -0.2) is 9.97 Å². The Hall–Kier alpha value is -2.47. The third-order valence-electron chi connectivity index (χ3n) is 2.94. The van der Waals surface area contributed by atoms with Crippen LogP contribution in [0.4, 0.5) is 26.0 Å². The lowest BCUT2D eigenvalue weighted by Crippen LogP contribution is -1.98. The quantitative estimate of drug-likeness (QED) is 0.705. The maximum absolute atomic E-state index is 13.4. The lowest BCUT2D eigenvalue weighted by atomic mass is 10.2. The Morgan fingerprint density at radius 3 is 2.62 bits per heavy atom. The van der Waals surface area contributed by atoms with Crippen LogP contribution in [0.1, 0.15) is 0 Å². The third kappa shape index (κ3) is 2.57. The van der Waals surface area contributed by atoms with E-state index in [0.29, 0.717) is 22.4 Å². The minimum atomic E-state index is -0.544. The first kappa shape index (κ1) is 13.5. The number of halogens is 3. The van der Waals surface area contributed by atoms with Crippen molar-refractivity contribution in [1.82, 2.24) is 9.97 Å². The van der Waals surface area contributed by atoms with Crippen LogP contribution in [0, 0.1) is 11.6 Å². The standard InChI is InChI=1S/C14H9ClF2N4/c15-9-3-7(1-2-10(9)16)21-14-8-4-12(18)11(17)5-13(8)19-6-20-14/h1-6H,18H2,(H,19,20,21). The normalized spacial score (nSPS) is 10.8. The Kier molecular flexibility index (Phi) is 3.31. The number of fused-ring (bicyclic) bond motifs is 1. The summed E-state index contributed by atoms with van der Waals surface area (Å²) in [5.74, 6) is -0.632. The summed E-state index contributed by atoms with van der Waals surface area (Å²) in [7, 11) is 0. The zero-order chi connectivity index (χ0) is 15.0. The minimum Gasteiger partial charge on any atom is -0.396 e. The molecule has 4 nitrogen and oxygen atoms in total. The van der Waals surface area contributed by atoms with E-state index in [-0.39, 0.29) is 10.7 Å². The summed E-state index contributed by atoms with van der Waals surface area (Å²) >= 11 is 5.73. The van der Waals surface area contributed by atoms with E-state index in [9.17, 15) is 8.78 Å². The van der Waals surface area contributed by atoms with E-state index in [4.69, 9.17) is 17.3 Å². The van der Waals surface area contributed by atoms with Gasteiger partial charge in [-0.05, 0) is 24.3 Å². The molecule has 0 spiro atoms. The highest BCUT2D eigenvalue weighted by molar-refractivity contribution is 6.31. The lowest BCUT2D eigenvalue weighted by molar-refractivity contribution is 0.628. The van der Waals surface area contributed by atoms with Crippen molar-refractivity contribution in [2.45, 2.75) is 0 Å². The molecule has 0 amide bonds. The fourth-order valence-corrected chi connectivity index (χ4v) is 2.09. The van der Waals surface area contributed by atoms with Gasteiger partial charge in [0.15, 0.2) is 0 Å². The highest BCUT2D eigenvalue weighted by Crippen LogP contribution is 2.28. The predicted octanol–water partition coefficient (Wildman–Crippen LogP) is 3.89. The van der Waals surface area contributed by atoms with Crippen LogP contribution >= 0.6 is 11.6 Å². The lowest BCUT2D eigenvalue weighted by Gasteiger charge is -2.09. The molecule has 0 saturated carbocycles. The maximum atomic E-state index is 13.4. The Morgan fingerprint density at radius 2 is 1.86 bits per heavy atom. The average molecular weight is 307 g/mol. The van der Waals surface area contributed by atoms with Gasteiger partial charge < -0.3 is 11.1 Å². The predicted molar refractivity (Wildman–Crippen MR) is 78.6 cm³/mol. The van der Waals surface area contributed by atoms with Gasteiger partial charge in [0.25, 0.3) is 0 Å². The molecular formula is C14H9ClF2N4. The Morgan fingerprint density at radius 1 is 1.05 bits per heavy atom. The first-order chi connectivity index (χ1) is 10.0. The number of aromatic nitrogens is 2. The van der Waals surface area contributed by atoms with E-state index in [2.05, 4.69) is 15.3 Å². The average Bonchev–Trinajstić information content (AvgIpc) is 2.45. The van der Waals surface area contributed by atoms with E-state index < -0.39 is 11.6 Å². The van der Waals surface area contributed by atoms with Gasteiger partial charge in [0.1, 0.15) is 23.8 Å². The fraction of sp³-hybridized carbons (Fsp3) is 0. The molecule has 7 heteroatoms. The maximum Gasteiger partial charge on any atom is 0.148 e. The first-order valence-electron chi connectivity index (χ1n) is 5.96. The second kappa shape index (κ2) is 5.14. The summed E-state index contributed by atoms with van der Waals surface area (Å²) < 4.78 is 26.6. The van der Waals surface area contributed by atoms with Crippen LogP contribution in [0.15, 0.2) is 36.7 Å². The monoisotopic (exact) mass is 306 g/mol. The molecule has 0 radical (unpaired) electrons. The van der Waals surface area contributed by atoms with Gasteiger partial charge in [-0.1, -0.05) is 11.6 Å². The van der Waals surface area contributed by atoms with Crippen molar-refractivity contribution >= 4 is 39.7 Å². The molecule has 0 unspecified atom stereocenters. The molecule has 0 atom stereocenters. The summed E-state index contributed by atoms with van der Waals surface area (Å²) in [6, 6.07) is 6.86. The van der Waals surface area contributed by atoms with Gasteiger partial charge in [-0.3, -0.25) is 0 Å². The van der Waals surface area contributed by atoms with Gasteiger partial charge in [0.05, 0.1) is 16.2 Å². The topological polar surface area (TPSA) is 63.8 Å². The number of nitrogen functional groups attached to an aromatic ring is 1. The Bertz CT molecular complexity index is 839. The summed E-state index contributed by atoms with van der Waals surface area (Å²) in [6.45, 7) is 0. The molecule has 1 aromatic heterocycles. The van der Waals surface area contributed by atoms with E-state index >= 15 is 0 Å². The Balaban J connectivity index is 2.07. The minimum absolute atomic E-state index is 0.00233. The molecule has 0 aliphatic rings. The van der Waals surface area contributed by atoms with Crippen LogP contribution < -0.4 is 11.1 Å². The molecule has 0 fully saturated rings. The van der Waals surface area contributed by atoms with E-state index in [0.717, 1.165) is 0 Å². The number of nitrogens with one attached hydrogen (secondary N) is 1. The molecule has 3 rings (SSSR count). The smallest absolute Gasteiger partial charge is 0.148 e.